The van der Waals surface area contributed by atoms with Crippen LogP contribution < -0.4 is 14.4 Å². The molecule has 214 valence electrons. The summed E-state index contributed by atoms with van der Waals surface area (Å²) in [6, 6.07) is 8.59. The van der Waals surface area contributed by atoms with Crippen LogP contribution in [0.4, 0.5) is 5.69 Å². The van der Waals surface area contributed by atoms with Crippen molar-refractivity contribution in [2.24, 2.45) is 0 Å². The molecule has 2 amide bonds. The van der Waals surface area contributed by atoms with E-state index >= 15 is 0 Å². The lowest BCUT2D eigenvalue weighted by molar-refractivity contribution is -0.140. The topological polar surface area (TPSA) is 96.0 Å². The van der Waals surface area contributed by atoms with E-state index < -0.39 is 28.5 Å². The zero-order valence-corrected chi connectivity index (χ0v) is 25.3. The summed E-state index contributed by atoms with van der Waals surface area (Å²) in [7, 11) is -2.47. The maximum atomic E-state index is 13.9. The Bertz CT molecular complexity index is 1270. The molecule has 0 heterocycles. The van der Waals surface area contributed by atoms with Crippen LogP contribution in [0.2, 0.25) is 15.1 Å². The van der Waals surface area contributed by atoms with Gasteiger partial charge in [-0.1, -0.05) is 67.1 Å². The van der Waals surface area contributed by atoms with Gasteiger partial charge in [-0.3, -0.25) is 13.9 Å². The lowest BCUT2D eigenvalue weighted by Gasteiger charge is -2.34. The highest BCUT2D eigenvalue weighted by atomic mass is 35.5. The van der Waals surface area contributed by atoms with Crippen molar-refractivity contribution in [3.8, 4) is 5.75 Å². The first-order valence-electron chi connectivity index (χ1n) is 12.8. The van der Waals surface area contributed by atoms with E-state index in [1.165, 1.54) is 30.2 Å². The number of amides is 2. The van der Waals surface area contributed by atoms with Gasteiger partial charge in [-0.2, -0.15) is 0 Å². The molecule has 1 unspecified atom stereocenters. The highest BCUT2D eigenvalue weighted by molar-refractivity contribution is 7.92. The monoisotopic (exact) mass is 617 g/mol. The fraction of sp³-hybridized carbons (Fsp3) is 0.481. The number of hydrogen-bond acceptors (Lipinski definition) is 5. The van der Waals surface area contributed by atoms with Crippen molar-refractivity contribution in [1.29, 1.82) is 0 Å². The molecule has 39 heavy (non-hydrogen) atoms. The Morgan fingerprint density at radius 1 is 1.05 bits per heavy atom. The van der Waals surface area contributed by atoms with E-state index in [1.54, 1.807) is 25.1 Å². The maximum Gasteiger partial charge on any atom is 0.244 e. The number of anilines is 1. The van der Waals surface area contributed by atoms with Crippen LogP contribution in [0.25, 0.3) is 0 Å². The molecule has 12 heteroatoms. The molecule has 0 saturated heterocycles. The molecule has 1 atom stereocenters. The van der Waals surface area contributed by atoms with E-state index in [0.29, 0.717) is 27.8 Å². The van der Waals surface area contributed by atoms with Crippen molar-refractivity contribution in [3.63, 3.8) is 0 Å². The molecule has 8 nitrogen and oxygen atoms in total. The summed E-state index contributed by atoms with van der Waals surface area (Å²) in [6.07, 6.45) is 6.27. The van der Waals surface area contributed by atoms with Gasteiger partial charge >= 0.3 is 0 Å². The maximum absolute atomic E-state index is 13.9. The van der Waals surface area contributed by atoms with Crippen molar-refractivity contribution in [2.75, 3.05) is 24.2 Å². The van der Waals surface area contributed by atoms with Gasteiger partial charge in [-0.25, -0.2) is 8.42 Å². The van der Waals surface area contributed by atoms with Gasteiger partial charge in [0.2, 0.25) is 21.8 Å². The average molecular weight is 619 g/mol. The van der Waals surface area contributed by atoms with E-state index in [9.17, 15) is 18.0 Å². The van der Waals surface area contributed by atoms with Gasteiger partial charge in [0, 0.05) is 28.2 Å². The standard InChI is InChI=1S/C27H34Cl3N3O5S/c1-4-24(27(35)31-18-9-6-5-7-10-18)32(16-20-21(28)11-8-12-22(20)29)26(34)17-33(39(3,36)37)19-13-14-25(38-2)23(30)15-19/h8,11-15,18,24H,4-7,9-10,16-17H2,1-3H3,(H,31,35). The minimum absolute atomic E-state index is 0.0371. The van der Waals surface area contributed by atoms with Gasteiger partial charge < -0.3 is 15.0 Å². The zero-order valence-electron chi connectivity index (χ0n) is 22.3. The van der Waals surface area contributed by atoms with Crippen LogP contribution in [0, 0.1) is 0 Å². The Balaban J connectivity index is 1.97. The van der Waals surface area contributed by atoms with E-state index in [1.807, 2.05) is 0 Å². The first kappa shape index (κ1) is 31.3. The number of benzene rings is 2. The summed E-state index contributed by atoms with van der Waals surface area (Å²) >= 11 is 19.1. The zero-order chi connectivity index (χ0) is 28.7. The summed E-state index contributed by atoms with van der Waals surface area (Å²) in [5, 5.41) is 3.96. The first-order valence-corrected chi connectivity index (χ1v) is 15.8. The quantitative estimate of drug-likeness (QED) is 0.350. The second kappa shape index (κ2) is 13.9. The highest BCUT2D eigenvalue weighted by Gasteiger charge is 2.33. The van der Waals surface area contributed by atoms with Gasteiger partial charge in [-0.05, 0) is 49.6 Å². The Kier molecular flexibility index (Phi) is 11.2. The van der Waals surface area contributed by atoms with Gasteiger partial charge in [-0.15, -0.1) is 0 Å². The molecule has 1 fully saturated rings. The van der Waals surface area contributed by atoms with Crippen LogP contribution in [0.3, 0.4) is 0 Å². The third-order valence-electron chi connectivity index (χ3n) is 6.83. The Morgan fingerprint density at radius 3 is 2.23 bits per heavy atom. The van der Waals surface area contributed by atoms with Crippen LogP contribution >= 0.6 is 34.8 Å². The highest BCUT2D eigenvalue weighted by Crippen LogP contribution is 2.31. The number of hydrogen-bond donors (Lipinski definition) is 1. The minimum atomic E-state index is -3.91. The van der Waals surface area contributed by atoms with Crippen LogP contribution in [0.1, 0.15) is 51.0 Å². The van der Waals surface area contributed by atoms with E-state index in [-0.39, 0.29) is 29.2 Å². The van der Waals surface area contributed by atoms with Gasteiger partial charge in [0.15, 0.2) is 0 Å². The summed E-state index contributed by atoms with van der Waals surface area (Å²) in [5.74, 6) is -0.520. The van der Waals surface area contributed by atoms with Crippen LogP contribution in [0.15, 0.2) is 36.4 Å². The molecular formula is C27H34Cl3N3O5S. The molecule has 1 aliphatic carbocycles. The molecule has 0 aliphatic heterocycles. The summed E-state index contributed by atoms with van der Waals surface area (Å²) in [4.78, 5) is 28.7. The molecule has 1 aliphatic rings. The number of ether oxygens (including phenoxy) is 1. The second-order valence-electron chi connectivity index (χ2n) is 9.58. The van der Waals surface area contributed by atoms with Crippen molar-refractivity contribution < 1.29 is 22.7 Å². The fourth-order valence-corrected chi connectivity index (χ4v) is 6.35. The molecular weight excluding hydrogens is 585 g/mol. The Morgan fingerprint density at radius 2 is 1.69 bits per heavy atom. The molecule has 2 aromatic carbocycles. The molecule has 0 spiro atoms. The minimum Gasteiger partial charge on any atom is -0.495 e. The smallest absolute Gasteiger partial charge is 0.244 e. The molecule has 0 bridgehead atoms. The number of halogens is 3. The van der Waals surface area contributed by atoms with Crippen molar-refractivity contribution in [3.05, 3.63) is 57.0 Å². The fourth-order valence-electron chi connectivity index (χ4n) is 4.74. The van der Waals surface area contributed by atoms with Crippen molar-refractivity contribution in [1.82, 2.24) is 10.2 Å². The summed E-state index contributed by atoms with van der Waals surface area (Å²) in [5.41, 5.74) is 0.656. The lowest BCUT2D eigenvalue weighted by atomic mass is 9.95. The predicted octanol–water partition coefficient (Wildman–Crippen LogP) is 5.68. The second-order valence-corrected chi connectivity index (χ2v) is 12.7. The van der Waals surface area contributed by atoms with Crippen LogP contribution in [0.5, 0.6) is 5.75 Å². The summed E-state index contributed by atoms with van der Waals surface area (Å²) in [6.45, 7) is 1.17. The average Bonchev–Trinajstić information content (AvgIpc) is 2.88. The number of nitrogens with zero attached hydrogens (tertiary/aromatic N) is 2. The number of methoxy groups -OCH3 is 1. The third-order valence-corrected chi connectivity index (χ3v) is 8.97. The number of carbonyl (C=O) groups is 2. The Labute approximate surface area is 245 Å². The van der Waals surface area contributed by atoms with E-state index in [0.717, 1.165) is 42.7 Å². The largest absolute Gasteiger partial charge is 0.495 e. The van der Waals surface area contributed by atoms with Crippen molar-refractivity contribution in [2.45, 2.75) is 64.1 Å². The van der Waals surface area contributed by atoms with Gasteiger partial charge in [0.1, 0.15) is 18.3 Å². The SMILES string of the molecule is CCC(C(=O)NC1CCCCC1)N(Cc1c(Cl)cccc1Cl)C(=O)CN(c1ccc(OC)c(Cl)c1)S(C)(=O)=O. The number of nitrogens with one attached hydrogen (secondary N) is 1. The van der Waals surface area contributed by atoms with Gasteiger partial charge in [0.05, 0.1) is 24.1 Å². The molecule has 1 N–H and O–H groups in total. The molecule has 2 aromatic rings. The third kappa shape index (κ3) is 8.16. The lowest BCUT2D eigenvalue weighted by Crippen LogP contribution is -2.54. The molecule has 1 saturated carbocycles. The number of carbonyl (C=O) groups excluding carboxylic acids is 2. The first-order chi connectivity index (χ1) is 18.5. The molecule has 0 radical (unpaired) electrons. The number of rotatable bonds is 11. The Hall–Kier alpha value is -2.20. The van der Waals surface area contributed by atoms with Gasteiger partial charge in [0.25, 0.3) is 0 Å². The summed E-state index contributed by atoms with van der Waals surface area (Å²) < 4.78 is 31.8. The van der Waals surface area contributed by atoms with E-state index in [2.05, 4.69) is 5.32 Å². The molecule has 3 rings (SSSR count). The normalized spacial score (nSPS) is 14.9. The predicted molar refractivity (Wildman–Crippen MR) is 156 cm³/mol. The van der Waals surface area contributed by atoms with Crippen molar-refractivity contribution >= 4 is 62.3 Å². The van der Waals surface area contributed by atoms with Crippen LogP contribution in [-0.4, -0.2) is 57.1 Å². The van der Waals surface area contributed by atoms with E-state index in [4.69, 9.17) is 39.5 Å². The number of sulfonamides is 1. The molecule has 0 aromatic heterocycles. The van der Waals surface area contributed by atoms with Crippen LogP contribution in [-0.2, 0) is 26.2 Å².